The molecule has 32 heavy (non-hydrogen) atoms. The maximum Gasteiger partial charge on any atom is 0.305 e. The number of aliphatic hydroxyl groups is 1. The summed E-state index contributed by atoms with van der Waals surface area (Å²) in [5, 5.41) is 26.9. The summed E-state index contributed by atoms with van der Waals surface area (Å²) in [6, 6.07) is 11.7. The molecule has 2 aromatic carbocycles. The maximum atomic E-state index is 11.6. The fourth-order valence-corrected chi connectivity index (χ4v) is 4.42. The highest BCUT2D eigenvalue weighted by molar-refractivity contribution is 7.16. The summed E-state index contributed by atoms with van der Waals surface area (Å²) >= 11 is 1.05. The van der Waals surface area contributed by atoms with Gasteiger partial charge >= 0.3 is 4.87 Å². The largest absolute Gasteiger partial charge is 0.506 e. The van der Waals surface area contributed by atoms with E-state index in [1.54, 1.807) is 12.1 Å². The Kier molecular flexibility index (Phi) is 9.25. The molecule has 7 nitrogen and oxygen atoms in total. The average Bonchev–Trinajstić information content (AvgIpc) is 3.15. The van der Waals surface area contributed by atoms with E-state index < -0.39 is 6.23 Å². The van der Waals surface area contributed by atoms with Crippen LogP contribution in [0, 0.1) is 0 Å². The molecule has 0 spiro atoms. The highest BCUT2D eigenvalue weighted by Crippen LogP contribution is 2.28. The number of fused-ring (bicyclic) bond motifs is 1. The van der Waals surface area contributed by atoms with Crippen molar-refractivity contribution >= 4 is 21.6 Å². The minimum Gasteiger partial charge on any atom is -0.506 e. The Hall–Kier alpha value is -2.23. The minimum absolute atomic E-state index is 0.0443. The van der Waals surface area contributed by atoms with E-state index in [9.17, 15) is 15.0 Å². The van der Waals surface area contributed by atoms with Crippen LogP contribution in [0.4, 0.5) is 0 Å². The van der Waals surface area contributed by atoms with E-state index in [1.807, 2.05) is 13.8 Å². The summed E-state index contributed by atoms with van der Waals surface area (Å²) in [6.07, 6.45) is 1.69. The number of aromatic nitrogens is 1. The highest BCUT2D eigenvalue weighted by Gasteiger charge is 2.13. The van der Waals surface area contributed by atoms with Gasteiger partial charge in [0.15, 0.2) is 0 Å². The fourth-order valence-electron chi connectivity index (χ4n) is 3.54. The van der Waals surface area contributed by atoms with E-state index in [2.05, 4.69) is 39.9 Å². The van der Waals surface area contributed by atoms with Crippen molar-refractivity contribution in [3.05, 3.63) is 62.8 Å². The molecule has 0 aliphatic heterocycles. The molecule has 0 radical (unpaired) electrons. The lowest BCUT2D eigenvalue weighted by molar-refractivity contribution is 0.0770. The van der Waals surface area contributed by atoms with E-state index in [0.29, 0.717) is 23.2 Å². The Balaban J connectivity index is 1.42. The topological polar surface area (TPSA) is 107 Å². The molecule has 1 aromatic heterocycles. The first-order valence-electron chi connectivity index (χ1n) is 11.1. The molecule has 5 N–H and O–H groups in total. The number of aromatic amines is 1. The van der Waals surface area contributed by atoms with Gasteiger partial charge in [0.05, 0.1) is 10.8 Å². The van der Waals surface area contributed by atoms with Gasteiger partial charge in [-0.1, -0.05) is 41.7 Å². The number of aliphatic hydroxyl groups excluding tert-OH is 1. The van der Waals surface area contributed by atoms with Crippen molar-refractivity contribution in [3.8, 4) is 5.75 Å². The van der Waals surface area contributed by atoms with Crippen LogP contribution in [0.3, 0.4) is 0 Å². The van der Waals surface area contributed by atoms with E-state index in [4.69, 9.17) is 4.74 Å². The van der Waals surface area contributed by atoms with E-state index in [0.717, 1.165) is 49.4 Å². The first-order chi connectivity index (χ1) is 15.4. The lowest BCUT2D eigenvalue weighted by Crippen LogP contribution is -2.32. The van der Waals surface area contributed by atoms with Gasteiger partial charge in [-0.3, -0.25) is 10.1 Å². The molecule has 0 fully saturated rings. The van der Waals surface area contributed by atoms with Crippen LogP contribution in [0.1, 0.15) is 37.0 Å². The molecule has 0 amide bonds. The summed E-state index contributed by atoms with van der Waals surface area (Å²) < 4.78 is 6.24. The molecule has 0 aliphatic carbocycles. The third-order valence-electron chi connectivity index (χ3n) is 5.12. The second-order valence-electron chi connectivity index (χ2n) is 8.16. The van der Waals surface area contributed by atoms with Gasteiger partial charge in [-0.15, -0.1) is 0 Å². The number of hydrogen-bond acceptors (Lipinski definition) is 7. The zero-order valence-corrected chi connectivity index (χ0v) is 19.5. The highest BCUT2D eigenvalue weighted by atomic mass is 32.1. The van der Waals surface area contributed by atoms with Gasteiger partial charge in [0.25, 0.3) is 0 Å². The molecule has 0 bridgehead atoms. The summed E-state index contributed by atoms with van der Waals surface area (Å²) in [4.78, 5) is 14.1. The van der Waals surface area contributed by atoms with Crippen LogP contribution in [-0.4, -0.2) is 47.2 Å². The number of phenolic OH excluding ortho intramolecular Hbond substituents is 1. The Morgan fingerprint density at radius 2 is 1.97 bits per heavy atom. The third kappa shape index (κ3) is 7.43. The monoisotopic (exact) mass is 459 g/mol. The molecule has 8 heteroatoms. The summed E-state index contributed by atoms with van der Waals surface area (Å²) in [7, 11) is 0. The van der Waals surface area contributed by atoms with Gasteiger partial charge in [-0.2, -0.15) is 0 Å². The van der Waals surface area contributed by atoms with Crippen LogP contribution in [0.2, 0.25) is 0 Å². The van der Waals surface area contributed by atoms with Crippen LogP contribution >= 0.6 is 11.3 Å². The molecule has 1 unspecified atom stereocenters. The molecule has 1 atom stereocenters. The Bertz CT molecular complexity index is 1050. The number of aromatic hydroxyl groups is 1. The van der Waals surface area contributed by atoms with E-state index in [-0.39, 0.29) is 16.7 Å². The van der Waals surface area contributed by atoms with E-state index in [1.165, 1.54) is 11.1 Å². The van der Waals surface area contributed by atoms with Crippen LogP contribution in [-0.2, 0) is 24.1 Å². The second kappa shape index (κ2) is 12.1. The quantitative estimate of drug-likeness (QED) is 0.199. The van der Waals surface area contributed by atoms with Crippen LogP contribution in [0.15, 0.2) is 41.2 Å². The SMILES string of the molecule is CC(C)OCCCNCc1cccc(CCNC(O)Cc2ccc(O)c3[nH]c(=O)sc23)c1. The Morgan fingerprint density at radius 1 is 1.16 bits per heavy atom. The predicted molar refractivity (Wildman–Crippen MR) is 129 cm³/mol. The third-order valence-corrected chi connectivity index (χ3v) is 6.07. The summed E-state index contributed by atoms with van der Waals surface area (Å²) in [5.41, 5.74) is 3.71. The molecule has 0 aliphatic rings. The molecule has 1 heterocycles. The van der Waals surface area contributed by atoms with Gasteiger partial charge in [0.1, 0.15) is 17.5 Å². The van der Waals surface area contributed by atoms with Crippen molar-refractivity contribution < 1.29 is 14.9 Å². The van der Waals surface area contributed by atoms with Crippen molar-refractivity contribution in [1.29, 1.82) is 0 Å². The molecular weight excluding hydrogens is 426 g/mol. The number of H-pyrrole nitrogens is 1. The minimum atomic E-state index is -0.738. The zero-order chi connectivity index (χ0) is 22.9. The number of thiazole rings is 1. The van der Waals surface area contributed by atoms with Crippen molar-refractivity contribution in [2.75, 3.05) is 19.7 Å². The van der Waals surface area contributed by atoms with Gasteiger partial charge in [0.2, 0.25) is 0 Å². The molecule has 3 aromatic rings. The Labute approximate surface area is 192 Å². The Morgan fingerprint density at radius 3 is 2.78 bits per heavy atom. The van der Waals surface area contributed by atoms with Gasteiger partial charge < -0.3 is 25.3 Å². The van der Waals surface area contributed by atoms with Gasteiger partial charge in [0, 0.05) is 26.1 Å². The number of hydrogen-bond donors (Lipinski definition) is 5. The lowest BCUT2D eigenvalue weighted by Gasteiger charge is -2.14. The summed E-state index contributed by atoms with van der Waals surface area (Å²) in [5.74, 6) is 0.0443. The van der Waals surface area contributed by atoms with Crippen LogP contribution < -0.4 is 15.5 Å². The average molecular weight is 460 g/mol. The van der Waals surface area contributed by atoms with Crippen molar-refractivity contribution in [2.24, 2.45) is 0 Å². The van der Waals surface area contributed by atoms with Crippen LogP contribution in [0.25, 0.3) is 10.2 Å². The molecule has 174 valence electrons. The predicted octanol–water partition coefficient (Wildman–Crippen LogP) is 2.89. The maximum absolute atomic E-state index is 11.6. The number of benzene rings is 2. The van der Waals surface area contributed by atoms with Crippen LogP contribution in [0.5, 0.6) is 5.75 Å². The smallest absolute Gasteiger partial charge is 0.305 e. The van der Waals surface area contributed by atoms with Gasteiger partial charge in [-0.05, 0) is 56.0 Å². The van der Waals surface area contributed by atoms with Crippen molar-refractivity contribution in [2.45, 2.75) is 52.0 Å². The lowest BCUT2D eigenvalue weighted by atomic mass is 10.1. The standard InChI is InChI=1S/C24H33N3O4S/c1-16(2)31-12-4-10-25-15-18-6-3-5-17(13-18)9-11-26-21(29)14-19-7-8-20(28)22-23(19)32-24(30)27-22/h3,5-8,13,16,21,25-26,28-29H,4,9-12,14-15H2,1-2H3,(H,27,30). The first kappa shape index (κ1) is 24.4. The number of phenols is 1. The van der Waals surface area contributed by atoms with Gasteiger partial charge in [-0.25, -0.2) is 0 Å². The molecular formula is C24H33N3O4S. The number of rotatable bonds is 13. The van der Waals surface area contributed by atoms with Crippen molar-refractivity contribution in [3.63, 3.8) is 0 Å². The van der Waals surface area contributed by atoms with Crippen molar-refractivity contribution in [1.82, 2.24) is 15.6 Å². The number of ether oxygens (including phenoxy) is 1. The number of nitrogens with one attached hydrogen (secondary N) is 3. The van der Waals surface area contributed by atoms with E-state index >= 15 is 0 Å². The second-order valence-corrected chi connectivity index (χ2v) is 9.14. The molecule has 0 saturated carbocycles. The fraction of sp³-hybridized carbons (Fsp3) is 0.458. The zero-order valence-electron chi connectivity index (χ0n) is 18.7. The summed E-state index contributed by atoms with van der Waals surface area (Å²) in [6.45, 7) is 7.24. The molecule has 3 rings (SSSR count). The first-order valence-corrected chi connectivity index (χ1v) is 11.9. The molecule has 0 saturated heterocycles. The normalized spacial score (nSPS) is 12.6.